The van der Waals surface area contributed by atoms with Gasteiger partial charge in [0.05, 0.1) is 59.5 Å². The molecule has 1 aromatic rings. The number of benzene rings is 1. The normalized spacial score (nSPS) is 25.9. The summed E-state index contributed by atoms with van der Waals surface area (Å²) in [5.41, 5.74) is 4.41. The van der Waals surface area contributed by atoms with Crippen LogP contribution in [0.3, 0.4) is 0 Å². The summed E-state index contributed by atoms with van der Waals surface area (Å²) in [4.78, 5) is 0. The van der Waals surface area contributed by atoms with Crippen molar-refractivity contribution in [1.29, 1.82) is 0 Å². The average molecular weight is 362 g/mol. The molecule has 6 nitrogen and oxygen atoms in total. The van der Waals surface area contributed by atoms with Crippen molar-refractivity contribution < 1.29 is 28.4 Å². The number of rotatable bonds is 13. The van der Waals surface area contributed by atoms with Crippen LogP contribution in [-0.4, -0.2) is 58.0 Å². The van der Waals surface area contributed by atoms with E-state index in [1.54, 1.807) is 0 Å². The highest BCUT2D eigenvalue weighted by Gasteiger charge is 2.25. The molecule has 3 saturated heterocycles. The van der Waals surface area contributed by atoms with Crippen molar-refractivity contribution in [1.82, 2.24) is 0 Å². The molecule has 0 aliphatic carbocycles. The highest BCUT2D eigenvalue weighted by Crippen LogP contribution is 2.25. The summed E-state index contributed by atoms with van der Waals surface area (Å²) >= 11 is 0. The van der Waals surface area contributed by atoms with Crippen LogP contribution < -0.4 is 0 Å². The molecule has 26 heavy (non-hydrogen) atoms. The van der Waals surface area contributed by atoms with Crippen LogP contribution in [0.4, 0.5) is 0 Å². The fraction of sp³-hybridized carbons (Fsp3) is 0.600. The highest BCUT2D eigenvalue weighted by atomic mass is 16.6. The van der Waals surface area contributed by atoms with E-state index in [1.165, 1.54) is 0 Å². The van der Waals surface area contributed by atoms with Crippen molar-refractivity contribution in [2.24, 2.45) is 0 Å². The van der Waals surface area contributed by atoms with E-state index in [9.17, 15) is 0 Å². The fourth-order valence-corrected chi connectivity index (χ4v) is 2.83. The lowest BCUT2D eigenvalue weighted by molar-refractivity contribution is 0.0905. The Morgan fingerprint density at radius 3 is 1.77 bits per heavy atom. The lowest BCUT2D eigenvalue weighted by atomic mass is 9.96. The van der Waals surface area contributed by atoms with Gasteiger partial charge in [-0.1, -0.05) is 24.8 Å². The summed E-state index contributed by atoms with van der Waals surface area (Å²) in [6.07, 6.45) is 2.66. The number of hydrogen-bond acceptors (Lipinski definition) is 6. The van der Waals surface area contributed by atoms with Crippen LogP contribution in [0, 0.1) is 0 Å². The first-order chi connectivity index (χ1) is 12.8. The molecule has 0 bridgehead atoms. The largest absolute Gasteiger partial charge is 0.374 e. The number of hydrogen-bond donors (Lipinski definition) is 0. The topological polar surface area (TPSA) is 65.3 Å². The Kier molecular flexibility index (Phi) is 5.99. The van der Waals surface area contributed by atoms with Crippen LogP contribution in [0.5, 0.6) is 0 Å². The number of ether oxygens (including phenoxy) is 6. The van der Waals surface area contributed by atoms with Crippen molar-refractivity contribution in [2.45, 2.75) is 38.1 Å². The molecule has 4 rings (SSSR count). The monoisotopic (exact) mass is 362 g/mol. The van der Waals surface area contributed by atoms with Gasteiger partial charge in [-0.3, -0.25) is 0 Å². The van der Waals surface area contributed by atoms with Crippen molar-refractivity contribution in [3.8, 4) is 0 Å². The van der Waals surface area contributed by atoms with Crippen molar-refractivity contribution in [3.05, 3.63) is 41.0 Å². The van der Waals surface area contributed by atoms with Gasteiger partial charge in [-0.15, -0.1) is 0 Å². The highest BCUT2D eigenvalue weighted by molar-refractivity contribution is 5.58. The second-order valence-corrected chi connectivity index (χ2v) is 6.89. The quantitative estimate of drug-likeness (QED) is 0.501. The standard InChI is InChI=1S/C20H26O6/c1-2-19-14(5-21-7-16-10-24-16)3-4-15(6-22-8-17-11-25-17)20(19)13-23-9-18-12-26-18/h2-4,16-18H,1,5-13H2. The first-order valence-electron chi connectivity index (χ1n) is 9.17. The zero-order chi connectivity index (χ0) is 17.8. The Labute approximate surface area is 154 Å². The zero-order valence-electron chi connectivity index (χ0n) is 15.0. The van der Waals surface area contributed by atoms with E-state index in [-0.39, 0.29) is 18.3 Å². The molecule has 0 N–H and O–H groups in total. The molecule has 6 heteroatoms. The van der Waals surface area contributed by atoms with Gasteiger partial charge in [0.25, 0.3) is 0 Å². The SMILES string of the molecule is C=Cc1c(COCC2CO2)ccc(COCC2CO2)c1COCC1CO1. The van der Waals surface area contributed by atoms with E-state index in [0.717, 1.165) is 42.1 Å². The Morgan fingerprint density at radius 2 is 1.27 bits per heavy atom. The van der Waals surface area contributed by atoms with Crippen LogP contribution in [-0.2, 0) is 48.2 Å². The molecular weight excluding hydrogens is 336 g/mol. The zero-order valence-corrected chi connectivity index (χ0v) is 15.0. The lowest BCUT2D eigenvalue weighted by Crippen LogP contribution is -2.10. The average Bonchev–Trinajstić information content (AvgIpc) is 3.48. The molecule has 1 aromatic carbocycles. The smallest absolute Gasteiger partial charge is 0.104 e. The van der Waals surface area contributed by atoms with Gasteiger partial charge in [0.1, 0.15) is 18.3 Å². The Bertz CT molecular complexity index is 619. The Hall–Kier alpha value is -1.28. The molecule has 3 fully saturated rings. The van der Waals surface area contributed by atoms with Gasteiger partial charge in [0.2, 0.25) is 0 Å². The summed E-state index contributed by atoms with van der Waals surface area (Å²) in [7, 11) is 0. The molecule has 0 saturated carbocycles. The predicted octanol–water partition coefficient (Wildman–Crippen LogP) is 2.08. The lowest BCUT2D eigenvalue weighted by Gasteiger charge is -2.17. The second-order valence-electron chi connectivity index (χ2n) is 6.89. The minimum atomic E-state index is 0.249. The molecule has 0 radical (unpaired) electrons. The maximum absolute atomic E-state index is 5.86. The van der Waals surface area contributed by atoms with Crippen LogP contribution in [0.25, 0.3) is 6.08 Å². The summed E-state index contributed by atoms with van der Waals surface area (Å²) in [5.74, 6) is 0. The van der Waals surface area contributed by atoms with Gasteiger partial charge in [0, 0.05) is 0 Å². The van der Waals surface area contributed by atoms with Gasteiger partial charge >= 0.3 is 0 Å². The van der Waals surface area contributed by atoms with E-state index < -0.39 is 0 Å². The van der Waals surface area contributed by atoms with E-state index in [2.05, 4.69) is 18.7 Å². The maximum atomic E-state index is 5.86. The van der Waals surface area contributed by atoms with Crippen LogP contribution >= 0.6 is 0 Å². The molecule has 0 amide bonds. The first kappa shape index (κ1) is 18.1. The van der Waals surface area contributed by atoms with Crippen LogP contribution in [0.1, 0.15) is 22.3 Å². The third-order valence-corrected chi connectivity index (χ3v) is 4.63. The van der Waals surface area contributed by atoms with Crippen molar-refractivity contribution >= 4 is 6.08 Å². The predicted molar refractivity (Wildman–Crippen MR) is 94.7 cm³/mol. The van der Waals surface area contributed by atoms with Gasteiger partial charge < -0.3 is 28.4 Å². The number of epoxide rings is 3. The van der Waals surface area contributed by atoms with Crippen LogP contribution in [0.2, 0.25) is 0 Å². The van der Waals surface area contributed by atoms with Gasteiger partial charge in [-0.25, -0.2) is 0 Å². The summed E-state index contributed by atoms with van der Waals surface area (Å²) < 4.78 is 33.0. The summed E-state index contributed by atoms with van der Waals surface area (Å²) in [6, 6.07) is 4.18. The van der Waals surface area contributed by atoms with Crippen molar-refractivity contribution in [2.75, 3.05) is 39.6 Å². The molecule has 3 aliphatic heterocycles. The van der Waals surface area contributed by atoms with E-state index in [0.29, 0.717) is 39.6 Å². The molecule has 142 valence electrons. The molecule has 3 heterocycles. The van der Waals surface area contributed by atoms with E-state index in [1.807, 2.05) is 6.08 Å². The molecule has 3 atom stereocenters. The molecule has 3 aliphatic rings. The van der Waals surface area contributed by atoms with Gasteiger partial charge in [-0.2, -0.15) is 0 Å². The van der Waals surface area contributed by atoms with E-state index in [4.69, 9.17) is 28.4 Å². The van der Waals surface area contributed by atoms with Crippen LogP contribution in [0.15, 0.2) is 18.7 Å². The second kappa shape index (κ2) is 8.61. The molecule has 3 unspecified atom stereocenters. The van der Waals surface area contributed by atoms with Gasteiger partial charge in [-0.05, 0) is 22.3 Å². The maximum Gasteiger partial charge on any atom is 0.104 e. The molecule has 0 aromatic heterocycles. The molecule has 0 spiro atoms. The van der Waals surface area contributed by atoms with Crippen molar-refractivity contribution in [3.63, 3.8) is 0 Å². The minimum Gasteiger partial charge on any atom is -0.374 e. The minimum absolute atomic E-state index is 0.249. The summed E-state index contributed by atoms with van der Waals surface area (Å²) in [5, 5.41) is 0. The molecular formula is C20H26O6. The van der Waals surface area contributed by atoms with Gasteiger partial charge in [0.15, 0.2) is 0 Å². The first-order valence-corrected chi connectivity index (χ1v) is 9.17. The third kappa shape index (κ3) is 5.36. The van der Waals surface area contributed by atoms with E-state index >= 15 is 0 Å². The fourth-order valence-electron chi connectivity index (χ4n) is 2.83. The Balaban J connectivity index is 1.42. The Morgan fingerprint density at radius 1 is 0.808 bits per heavy atom. The third-order valence-electron chi connectivity index (χ3n) is 4.63. The summed E-state index contributed by atoms with van der Waals surface area (Å²) in [6.45, 7) is 9.87.